The van der Waals surface area contributed by atoms with Gasteiger partial charge in [-0.25, -0.2) is 4.39 Å². The summed E-state index contributed by atoms with van der Waals surface area (Å²) in [5.41, 5.74) is 2.27. The average Bonchev–Trinajstić information content (AvgIpc) is 2.48. The smallest absolute Gasteiger partial charge is 0.123 e. The van der Waals surface area contributed by atoms with E-state index in [1.54, 1.807) is 0 Å². The predicted octanol–water partition coefficient (Wildman–Crippen LogP) is 5.86. The second-order valence-electron chi connectivity index (χ2n) is 4.82. The first kappa shape index (κ1) is 16.2. The molecule has 0 saturated carbocycles. The second kappa shape index (κ2) is 7.19. The number of rotatable bonds is 5. The molecule has 106 valence electrons. The molecule has 0 aliphatic carbocycles. The number of halogens is 4. The lowest BCUT2D eigenvalue weighted by Crippen LogP contribution is -2.33. The molecule has 20 heavy (non-hydrogen) atoms. The molecule has 0 fully saturated rings. The molecule has 0 amide bonds. The highest BCUT2D eigenvalue weighted by atomic mass is 79.9. The number of hydrogen-bond acceptors (Lipinski definition) is 0. The van der Waals surface area contributed by atoms with Crippen molar-refractivity contribution in [2.24, 2.45) is 0 Å². The van der Waals surface area contributed by atoms with E-state index >= 15 is 0 Å². The van der Waals surface area contributed by atoms with Crippen molar-refractivity contribution in [1.82, 2.24) is 0 Å². The van der Waals surface area contributed by atoms with Crippen LogP contribution in [0.3, 0.4) is 0 Å². The highest BCUT2D eigenvalue weighted by Crippen LogP contribution is 2.34. The van der Waals surface area contributed by atoms with Gasteiger partial charge < -0.3 is 0 Å². The molecule has 2 aromatic rings. The van der Waals surface area contributed by atoms with Gasteiger partial charge in [-0.15, -0.1) is 0 Å². The molecule has 0 atom stereocenters. The van der Waals surface area contributed by atoms with Gasteiger partial charge in [-0.2, -0.15) is 0 Å². The van der Waals surface area contributed by atoms with Gasteiger partial charge in [0.2, 0.25) is 0 Å². The van der Waals surface area contributed by atoms with Crippen molar-refractivity contribution in [3.63, 3.8) is 0 Å². The van der Waals surface area contributed by atoms with Crippen LogP contribution in [-0.2, 0) is 11.8 Å². The summed E-state index contributed by atoms with van der Waals surface area (Å²) in [6, 6.07) is 15.0. The maximum atomic E-state index is 13.1. The van der Waals surface area contributed by atoms with Gasteiger partial charge in [0.1, 0.15) is 5.82 Å². The van der Waals surface area contributed by atoms with Crippen molar-refractivity contribution in [3.8, 4) is 0 Å². The summed E-state index contributed by atoms with van der Waals surface area (Å²) < 4.78 is 14.2. The van der Waals surface area contributed by atoms with E-state index in [2.05, 4.69) is 53.9 Å². The van der Waals surface area contributed by atoms with Crippen molar-refractivity contribution in [3.05, 3.63) is 69.9 Å². The van der Waals surface area contributed by atoms with Gasteiger partial charge in [0, 0.05) is 20.5 Å². The first-order chi connectivity index (χ1) is 9.61. The minimum absolute atomic E-state index is 0.0996. The van der Waals surface area contributed by atoms with Crippen molar-refractivity contribution >= 4 is 47.8 Å². The molecule has 0 bridgehead atoms. The topological polar surface area (TPSA) is 0 Å². The third kappa shape index (κ3) is 3.52. The molecular weight excluding hydrogens is 451 g/mol. The highest BCUT2D eigenvalue weighted by Gasteiger charge is 2.31. The summed E-state index contributed by atoms with van der Waals surface area (Å²) in [5, 5.41) is 1.61. The molecule has 4 heteroatoms. The molecule has 0 N–H and O–H groups in total. The van der Waals surface area contributed by atoms with E-state index in [4.69, 9.17) is 0 Å². The van der Waals surface area contributed by atoms with Gasteiger partial charge >= 0.3 is 0 Å². The van der Waals surface area contributed by atoms with Crippen LogP contribution >= 0.6 is 47.8 Å². The average molecular weight is 465 g/mol. The molecule has 0 aromatic heterocycles. The van der Waals surface area contributed by atoms with Crippen LogP contribution in [0, 0.1) is 5.82 Å². The second-order valence-corrected chi connectivity index (χ2v) is 6.80. The molecule has 0 heterocycles. The van der Waals surface area contributed by atoms with Crippen LogP contribution in [0.1, 0.15) is 11.1 Å². The largest absolute Gasteiger partial charge is 0.207 e. The summed E-state index contributed by atoms with van der Waals surface area (Å²) in [6.07, 6.45) is 0.872. The molecule has 0 nitrogen and oxygen atoms in total. The van der Waals surface area contributed by atoms with Crippen LogP contribution in [-0.4, -0.2) is 10.7 Å². The first-order valence-corrected chi connectivity index (χ1v) is 9.26. The van der Waals surface area contributed by atoms with Crippen LogP contribution in [0.15, 0.2) is 53.0 Å². The Balaban J connectivity index is 2.39. The normalized spacial score (nSPS) is 11.6. The third-order valence-electron chi connectivity index (χ3n) is 3.45. The maximum Gasteiger partial charge on any atom is 0.123 e. The molecule has 0 radical (unpaired) electrons. The minimum atomic E-state index is -0.201. The molecule has 0 aliphatic heterocycles. The SMILES string of the molecule is Fc1ccc(C(CBr)(CBr)Cc2ccccc2Br)cc1. The fourth-order valence-corrected chi connectivity index (χ4v) is 4.59. The lowest BCUT2D eigenvalue weighted by atomic mass is 9.79. The first-order valence-electron chi connectivity index (χ1n) is 6.23. The van der Waals surface area contributed by atoms with E-state index in [9.17, 15) is 4.39 Å². The quantitative estimate of drug-likeness (QED) is 0.486. The fraction of sp³-hybridized carbons (Fsp3) is 0.250. The van der Waals surface area contributed by atoms with Crippen molar-refractivity contribution in [1.29, 1.82) is 0 Å². The van der Waals surface area contributed by atoms with Crippen LogP contribution in [0.5, 0.6) is 0 Å². The Morgan fingerprint density at radius 2 is 1.50 bits per heavy atom. The zero-order valence-corrected chi connectivity index (χ0v) is 15.5. The summed E-state index contributed by atoms with van der Waals surface area (Å²) in [6.45, 7) is 0. The highest BCUT2D eigenvalue weighted by molar-refractivity contribution is 9.10. The van der Waals surface area contributed by atoms with Crippen molar-refractivity contribution in [2.75, 3.05) is 10.7 Å². The Morgan fingerprint density at radius 3 is 2.05 bits per heavy atom. The summed E-state index contributed by atoms with van der Waals surface area (Å²) in [5.74, 6) is -0.201. The zero-order chi connectivity index (χ0) is 14.6. The minimum Gasteiger partial charge on any atom is -0.207 e. The Morgan fingerprint density at radius 1 is 0.900 bits per heavy atom. The number of hydrogen-bond donors (Lipinski definition) is 0. The molecule has 0 saturated heterocycles. The van der Waals surface area contributed by atoms with E-state index in [1.165, 1.54) is 17.7 Å². The maximum absolute atomic E-state index is 13.1. The van der Waals surface area contributed by atoms with Crippen LogP contribution in [0.25, 0.3) is 0 Å². The Labute approximate surface area is 144 Å². The van der Waals surface area contributed by atoms with E-state index in [0.29, 0.717) is 0 Å². The summed E-state index contributed by atoms with van der Waals surface area (Å²) >= 11 is 10.9. The Hall–Kier alpha value is -0.190. The Bertz CT molecular complexity index is 562. The number of alkyl halides is 2. The lowest BCUT2D eigenvalue weighted by Gasteiger charge is -2.31. The zero-order valence-electron chi connectivity index (χ0n) is 10.8. The fourth-order valence-electron chi connectivity index (χ4n) is 2.20. The van der Waals surface area contributed by atoms with E-state index < -0.39 is 0 Å². The van der Waals surface area contributed by atoms with E-state index in [0.717, 1.165) is 27.1 Å². The van der Waals surface area contributed by atoms with Gasteiger partial charge in [-0.3, -0.25) is 0 Å². The Kier molecular flexibility index (Phi) is 5.82. The van der Waals surface area contributed by atoms with Crippen LogP contribution in [0.2, 0.25) is 0 Å². The standard InChI is InChI=1S/C16H14Br3F/c17-10-16(11-18,13-5-7-14(20)8-6-13)9-12-3-1-2-4-15(12)19/h1-8H,9-11H2. The van der Waals surface area contributed by atoms with Gasteiger partial charge in [0.25, 0.3) is 0 Å². The van der Waals surface area contributed by atoms with Gasteiger partial charge in [0.05, 0.1) is 0 Å². The van der Waals surface area contributed by atoms with Gasteiger partial charge in [-0.1, -0.05) is 78.1 Å². The molecule has 0 aliphatic rings. The van der Waals surface area contributed by atoms with Gasteiger partial charge in [-0.05, 0) is 35.7 Å². The monoisotopic (exact) mass is 462 g/mol. The summed E-state index contributed by atoms with van der Waals surface area (Å²) in [4.78, 5) is 0. The summed E-state index contributed by atoms with van der Waals surface area (Å²) in [7, 11) is 0. The van der Waals surface area contributed by atoms with Crippen molar-refractivity contribution in [2.45, 2.75) is 11.8 Å². The predicted molar refractivity (Wildman–Crippen MR) is 93.5 cm³/mol. The van der Waals surface area contributed by atoms with Crippen LogP contribution < -0.4 is 0 Å². The van der Waals surface area contributed by atoms with E-state index in [1.807, 2.05) is 30.3 Å². The molecule has 2 aromatic carbocycles. The molecule has 0 unspecified atom stereocenters. The van der Waals surface area contributed by atoms with E-state index in [-0.39, 0.29) is 11.2 Å². The third-order valence-corrected chi connectivity index (χ3v) is 6.38. The lowest BCUT2D eigenvalue weighted by molar-refractivity contribution is 0.546. The van der Waals surface area contributed by atoms with Gasteiger partial charge in [0.15, 0.2) is 0 Å². The molecule has 0 spiro atoms. The van der Waals surface area contributed by atoms with Crippen LogP contribution in [0.4, 0.5) is 4.39 Å². The van der Waals surface area contributed by atoms with Crippen molar-refractivity contribution < 1.29 is 4.39 Å². The molecular formula is C16H14Br3F. The molecule has 2 rings (SSSR count). The number of benzene rings is 2.